The van der Waals surface area contributed by atoms with Crippen LogP contribution >= 0.6 is 0 Å². The first-order chi connectivity index (χ1) is 9.88. The molecule has 102 valence electrons. The van der Waals surface area contributed by atoms with Gasteiger partial charge in [-0.2, -0.15) is 0 Å². The molecule has 2 aromatic rings. The second-order valence-electron chi connectivity index (χ2n) is 4.62. The molecule has 0 aliphatic carbocycles. The number of nitrogens with zero attached hydrogens (tertiary/aromatic N) is 5. The van der Waals surface area contributed by atoms with Crippen molar-refractivity contribution in [3.05, 3.63) is 47.8 Å². The SMILES string of the molecule is O=Nc1cccnc1N1CCN(c2ccncc2)CC1. The van der Waals surface area contributed by atoms with Crippen molar-refractivity contribution in [3.63, 3.8) is 0 Å². The Bertz CT molecular complexity index is 581. The van der Waals surface area contributed by atoms with Gasteiger partial charge < -0.3 is 9.80 Å². The zero-order valence-electron chi connectivity index (χ0n) is 11.0. The van der Waals surface area contributed by atoms with E-state index in [-0.39, 0.29) is 0 Å². The lowest BCUT2D eigenvalue weighted by atomic mass is 10.2. The highest BCUT2D eigenvalue weighted by molar-refractivity contribution is 5.62. The summed E-state index contributed by atoms with van der Waals surface area (Å²) in [5, 5.41) is 3.05. The second kappa shape index (κ2) is 5.64. The predicted molar refractivity (Wildman–Crippen MR) is 78.4 cm³/mol. The molecule has 3 rings (SSSR count). The van der Waals surface area contributed by atoms with Gasteiger partial charge in [0, 0.05) is 50.5 Å². The Morgan fingerprint density at radius 3 is 2.35 bits per heavy atom. The van der Waals surface area contributed by atoms with Gasteiger partial charge in [-0.1, -0.05) is 0 Å². The minimum Gasteiger partial charge on any atom is -0.368 e. The molecule has 1 saturated heterocycles. The van der Waals surface area contributed by atoms with Crippen LogP contribution in [0, 0.1) is 4.91 Å². The molecule has 6 heteroatoms. The molecule has 20 heavy (non-hydrogen) atoms. The average molecular weight is 269 g/mol. The van der Waals surface area contributed by atoms with Gasteiger partial charge in [0.25, 0.3) is 0 Å². The molecule has 1 aliphatic rings. The molecular formula is C14H15N5O. The topological polar surface area (TPSA) is 61.7 Å². The molecule has 0 spiro atoms. The highest BCUT2D eigenvalue weighted by Crippen LogP contribution is 2.26. The van der Waals surface area contributed by atoms with Crippen molar-refractivity contribution in [2.45, 2.75) is 0 Å². The van der Waals surface area contributed by atoms with Crippen molar-refractivity contribution in [1.82, 2.24) is 9.97 Å². The fourth-order valence-electron chi connectivity index (χ4n) is 2.43. The van der Waals surface area contributed by atoms with Crippen LogP contribution in [-0.2, 0) is 0 Å². The lowest BCUT2D eigenvalue weighted by Gasteiger charge is -2.36. The van der Waals surface area contributed by atoms with Crippen molar-refractivity contribution < 1.29 is 0 Å². The normalized spacial score (nSPS) is 15.2. The molecule has 0 N–H and O–H groups in total. The zero-order valence-corrected chi connectivity index (χ0v) is 11.0. The standard InChI is InChI=1S/C14H15N5O/c20-17-13-2-1-5-16-14(13)19-10-8-18(9-11-19)12-3-6-15-7-4-12/h1-7H,8-11H2. The summed E-state index contributed by atoms with van der Waals surface area (Å²) in [5.74, 6) is 0.678. The fraction of sp³-hybridized carbons (Fsp3) is 0.286. The first-order valence-electron chi connectivity index (χ1n) is 6.57. The Kier molecular flexibility index (Phi) is 3.54. The Labute approximate surface area is 117 Å². The van der Waals surface area contributed by atoms with E-state index in [1.54, 1.807) is 30.7 Å². The molecule has 0 atom stereocenters. The van der Waals surface area contributed by atoms with Crippen molar-refractivity contribution >= 4 is 17.2 Å². The van der Waals surface area contributed by atoms with Gasteiger partial charge in [0.1, 0.15) is 5.69 Å². The molecule has 1 aliphatic heterocycles. The summed E-state index contributed by atoms with van der Waals surface area (Å²) in [6.07, 6.45) is 5.29. The van der Waals surface area contributed by atoms with E-state index in [1.165, 1.54) is 5.69 Å². The molecule has 0 unspecified atom stereocenters. The summed E-state index contributed by atoms with van der Waals surface area (Å²) in [5.41, 5.74) is 1.58. The molecule has 0 aromatic carbocycles. The lowest BCUT2D eigenvalue weighted by molar-refractivity contribution is 0.647. The van der Waals surface area contributed by atoms with Crippen molar-refractivity contribution in [2.24, 2.45) is 5.18 Å². The molecule has 3 heterocycles. The van der Waals surface area contributed by atoms with E-state index in [2.05, 4.69) is 24.9 Å². The van der Waals surface area contributed by atoms with E-state index in [0.29, 0.717) is 11.5 Å². The van der Waals surface area contributed by atoms with Crippen molar-refractivity contribution in [3.8, 4) is 0 Å². The highest BCUT2D eigenvalue weighted by atomic mass is 16.3. The van der Waals surface area contributed by atoms with Crippen LogP contribution < -0.4 is 9.80 Å². The van der Waals surface area contributed by atoms with E-state index >= 15 is 0 Å². The van der Waals surface area contributed by atoms with Gasteiger partial charge >= 0.3 is 0 Å². The zero-order chi connectivity index (χ0) is 13.8. The van der Waals surface area contributed by atoms with Gasteiger partial charge in [0.05, 0.1) is 0 Å². The van der Waals surface area contributed by atoms with Crippen LogP contribution in [0.2, 0.25) is 0 Å². The minimum absolute atomic E-state index is 0.407. The molecule has 1 fully saturated rings. The smallest absolute Gasteiger partial charge is 0.158 e. The first-order valence-corrected chi connectivity index (χ1v) is 6.57. The maximum atomic E-state index is 10.8. The van der Waals surface area contributed by atoms with Crippen LogP contribution in [0.3, 0.4) is 0 Å². The summed E-state index contributed by atoms with van der Waals surface area (Å²) >= 11 is 0. The van der Waals surface area contributed by atoms with Crippen LogP contribution in [-0.4, -0.2) is 36.1 Å². The first kappa shape index (κ1) is 12.5. The quantitative estimate of drug-likeness (QED) is 0.799. The van der Waals surface area contributed by atoms with E-state index in [0.717, 1.165) is 26.2 Å². The lowest BCUT2D eigenvalue weighted by Crippen LogP contribution is -2.46. The second-order valence-corrected chi connectivity index (χ2v) is 4.62. The number of hydrogen-bond acceptors (Lipinski definition) is 6. The number of hydrogen-bond donors (Lipinski definition) is 0. The van der Waals surface area contributed by atoms with Gasteiger partial charge in [0.15, 0.2) is 5.82 Å². The third-order valence-corrected chi connectivity index (χ3v) is 3.47. The predicted octanol–water partition coefficient (Wildman–Crippen LogP) is 2.20. The summed E-state index contributed by atoms with van der Waals surface area (Å²) < 4.78 is 0. The van der Waals surface area contributed by atoms with Gasteiger partial charge in [-0.05, 0) is 29.4 Å². The maximum absolute atomic E-state index is 10.8. The summed E-state index contributed by atoms with van der Waals surface area (Å²) in [6, 6.07) is 7.45. The largest absolute Gasteiger partial charge is 0.368 e. The number of nitroso groups, excluding NO2 is 1. The number of rotatable bonds is 3. The Morgan fingerprint density at radius 1 is 0.950 bits per heavy atom. The number of anilines is 2. The summed E-state index contributed by atoms with van der Waals surface area (Å²) in [6.45, 7) is 3.42. The molecular weight excluding hydrogens is 254 g/mol. The third-order valence-electron chi connectivity index (χ3n) is 3.47. The molecule has 6 nitrogen and oxygen atoms in total. The number of aromatic nitrogens is 2. The van der Waals surface area contributed by atoms with Crippen LogP contribution in [0.4, 0.5) is 17.2 Å². The van der Waals surface area contributed by atoms with Crippen molar-refractivity contribution in [1.29, 1.82) is 0 Å². The van der Waals surface area contributed by atoms with E-state index in [4.69, 9.17) is 0 Å². The average Bonchev–Trinajstić information content (AvgIpc) is 2.56. The van der Waals surface area contributed by atoms with E-state index in [1.807, 2.05) is 12.1 Å². The van der Waals surface area contributed by atoms with Crippen LogP contribution in [0.25, 0.3) is 0 Å². The van der Waals surface area contributed by atoms with E-state index < -0.39 is 0 Å². The van der Waals surface area contributed by atoms with Gasteiger partial charge in [-0.25, -0.2) is 4.98 Å². The fourth-order valence-corrected chi connectivity index (χ4v) is 2.43. The third kappa shape index (κ3) is 2.45. The summed E-state index contributed by atoms with van der Waals surface area (Å²) in [4.78, 5) is 23.5. The molecule has 0 radical (unpaired) electrons. The monoisotopic (exact) mass is 269 g/mol. The van der Waals surface area contributed by atoms with Gasteiger partial charge in [0.2, 0.25) is 0 Å². The molecule has 2 aromatic heterocycles. The Balaban J connectivity index is 1.71. The van der Waals surface area contributed by atoms with Crippen LogP contribution in [0.15, 0.2) is 48.0 Å². The molecule has 0 amide bonds. The minimum atomic E-state index is 0.407. The Morgan fingerprint density at radius 2 is 1.65 bits per heavy atom. The van der Waals surface area contributed by atoms with Crippen LogP contribution in [0.5, 0.6) is 0 Å². The highest BCUT2D eigenvalue weighted by Gasteiger charge is 2.20. The van der Waals surface area contributed by atoms with Crippen LogP contribution in [0.1, 0.15) is 0 Å². The van der Waals surface area contributed by atoms with E-state index in [9.17, 15) is 4.91 Å². The van der Waals surface area contributed by atoms with Gasteiger partial charge in [-0.3, -0.25) is 4.98 Å². The maximum Gasteiger partial charge on any atom is 0.158 e. The summed E-state index contributed by atoms with van der Waals surface area (Å²) in [7, 11) is 0. The molecule has 0 saturated carbocycles. The number of pyridine rings is 2. The molecule has 0 bridgehead atoms. The van der Waals surface area contributed by atoms with Crippen molar-refractivity contribution in [2.75, 3.05) is 36.0 Å². The Hall–Kier alpha value is -2.50. The number of piperazine rings is 1. The van der Waals surface area contributed by atoms with Gasteiger partial charge in [-0.15, -0.1) is 4.91 Å².